The van der Waals surface area contributed by atoms with Crippen LogP contribution in [0, 0.1) is 0 Å². The van der Waals surface area contributed by atoms with E-state index >= 15 is 0 Å². The van der Waals surface area contributed by atoms with Crippen LogP contribution in [0.3, 0.4) is 0 Å². The van der Waals surface area contributed by atoms with Crippen LogP contribution in [0.25, 0.3) is 0 Å². The Kier molecular flexibility index (Phi) is 8.66. The van der Waals surface area contributed by atoms with Gasteiger partial charge >= 0.3 is 5.97 Å². The van der Waals surface area contributed by atoms with Crippen LogP contribution < -0.4 is 9.44 Å². The SMILES string of the molecule is CCOC(=O)C(C(=O)c1ccccc1)c1cc(NS(=O)(=O)c2ccccc2)ccc1NS(=O)(=O)c1ccccc1. The number of esters is 1. The Morgan fingerprint density at radius 2 is 1.20 bits per heavy atom. The lowest BCUT2D eigenvalue weighted by Gasteiger charge is -2.21. The molecule has 4 rings (SSSR count). The Balaban J connectivity index is 1.86. The predicted molar refractivity (Wildman–Crippen MR) is 151 cm³/mol. The van der Waals surface area contributed by atoms with Crippen LogP contribution in [0.2, 0.25) is 0 Å². The van der Waals surface area contributed by atoms with E-state index in [-0.39, 0.29) is 38.9 Å². The van der Waals surface area contributed by atoms with Crippen molar-refractivity contribution in [1.29, 1.82) is 0 Å². The molecule has 206 valence electrons. The molecule has 4 aromatic carbocycles. The highest BCUT2D eigenvalue weighted by Crippen LogP contribution is 2.34. The number of carbonyl (C=O) groups is 2. The Hall–Kier alpha value is -4.48. The summed E-state index contributed by atoms with van der Waals surface area (Å²) in [5.74, 6) is -3.17. The highest BCUT2D eigenvalue weighted by Gasteiger charge is 2.34. The maximum absolute atomic E-state index is 13.7. The largest absolute Gasteiger partial charge is 0.465 e. The molecule has 0 saturated carbocycles. The van der Waals surface area contributed by atoms with Crippen molar-refractivity contribution in [2.75, 3.05) is 16.1 Å². The first-order chi connectivity index (χ1) is 19.1. The van der Waals surface area contributed by atoms with Gasteiger partial charge in [-0.2, -0.15) is 0 Å². The molecule has 2 N–H and O–H groups in total. The first kappa shape index (κ1) is 28.5. The molecule has 0 aliphatic carbocycles. The summed E-state index contributed by atoms with van der Waals surface area (Å²) in [6.45, 7) is 1.54. The standard InChI is InChI=1S/C29H26N2O7S2/c1-2-38-29(33)27(28(32)21-12-6-3-7-13-21)25-20-22(30-39(34,35)23-14-8-4-9-15-23)18-19-26(25)31-40(36,37)24-16-10-5-11-17-24/h3-20,27,30-31H,2H2,1H3. The van der Waals surface area contributed by atoms with E-state index in [4.69, 9.17) is 4.74 Å². The molecule has 9 nitrogen and oxygen atoms in total. The minimum atomic E-state index is -4.14. The number of benzene rings is 4. The Labute approximate surface area is 232 Å². The van der Waals surface area contributed by atoms with E-state index in [0.29, 0.717) is 0 Å². The Bertz CT molecular complexity index is 1710. The fraction of sp³-hybridized carbons (Fsp3) is 0.103. The van der Waals surface area contributed by atoms with Crippen molar-refractivity contribution in [3.8, 4) is 0 Å². The molecule has 0 heterocycles. The zero-order valence-corrected chi connectivity index (χ0v) is 23.0. The Morgan fingerprint density at radius 1 is 0.700 bits per heavy atom. The molecule has 0 aliphatic heterocycles. The van der Waals surface area contributed by atoms with Crippen LogP contribution in [0.15, 0.2) is 119 Å². The third-order valence-electron chi connectivity index (χ3n) is 5.81. The first-order valence-electron chi connectivity index (χ1n) is 12.2. The molecule has 0 bridgehead atoms. The fourth-order valence-corrected chi connectivity index (χ4v) is 6.12. The molecule has 1 atom stereocenters. The molecule has 11 heteroatoms. The van der Waals surface area contributed by atoms with E-state index in [0.717, 1.165) is 0 Å². The summed E-state index contributed by atoms with van der Waals surface area (Å²) in [5.41, 5.74) is 0.0262. The van der Waals surface area contributed by atoms with Crippen molar-refractivity contribution in [2.24, 2.45) is 0 Å². The number of hydrogen-bond donors (Lipinski definition) is 2. The van der Waals surface area contributed by atoms with Gasteiger partial charge < -0.3 is 4.74 Å². The second-order valence-electron chi connectivity index (χ2n) is 8.55. The van der Waals surface area contributed by atoms with Crippen LogP contribution >= 0.6 is 0 Å². The number of rotatable bonds is 11. The van der Waals surface area contributed by atoms with Crippen LogP contribution in [0.4, 0.5) is 11.4 Å². The number of ketones is 1. The van der Waals surface area contributed by atoms with Crippen LogP contribution in [0.1, 0.15) is 28.8 Å². The summed E-state index contributed by atoms with van der Waals surface area (Å²) in [6, 6.07) is 27.0. The van der Waals surface area contributed by atoms with Crippen molar-refractivity contribution < 1.29 is 31.2 Å². The minimum Gasteiger partial charge on any atom is -0.465 e. The lowest BCUT2D eigenvalue weighted by atomic mass is 9.89. The second-order valence-corrected chi connectivity index (χ2v) is 11.9. The summed E-state index contributed by atoms with van der Waals surface area (Å²) in [5, 5.41) is 0. The number of carbonyl (C=O) groups excluding carboxylic acids is 2. The normalized spacial score (nSPS) is 12.2. The average Bonchev–Trinajstić information content (AvgIpc) is 2.96. The third kappa shape index (κ3) is 6.56. The molecule has 1 unspecified atom stereocenters. The predicted octanol–water partition coefficient (Wildman–Crippen LogP) is 4.82. The number of ether oxygens (including phenoxy) is 1. The van der Waals surface area contributed by atoms with Gasteiger partial charge in [-0.25, -0.2) is 16.8 Å². The van der Waals surface area contributed by atoms with Crippen molar-refractivity contribution in [2.45, 2.75) is 22.6 Å². The van der Waals surface area contributed by atoms with Gasteiger partial charge in [0.25, 0.3) is 20.0 Å². The van der Waals surface area contributed by atoms with Crippen LogP contribution in [-0.2, 0) is 29.6 Å². The molecule has 0 spiro atoms. The van der Waals surface area contributed by atoms with Gasteiger partial charge in [-0.15, -0.1) is 0 Å². The monoisotopic (exact) mass is 578 g/mol. The van der Waals surface area contributed by atoms with E-state index < -0.39 is 37.7 Å². The zero-order chi connectivity index (χ0) is 28.8. The second kappa shape index (κ2) is 12.1. The average molecular weight is 579 g/mol. The summed E-state index contributed by atoms with van der Waals surface area (Å²) >= 11 is 0. The minimum absolute atomic E-state index is 0.00675. The summed E-state index contributed by atoms with van der Waals surface area (Å²) in [6.07, 6.45) is 0. The molecular formula is C29H26N2O7S2. The Morgan fingerprint density at radius 3 is 1.73 bits per heavy atom. The molecule has 0 saturated heterocycles. The van der Waals surface area contributed by atoms with E-state index in [1.54, 1.807) is 61.5 Å². The summed E-state index contributed by atoms with van der Waals surface area (Å²) in [7, 11) is -8.18. The number of hydrogen-bond acceptors (Lipinski definition) is 7. The van der Waals surface area contributed by atoms with Gasteiger partial charge in [0.1, 0.15) is 5.92 Å². The van der Waals surface area contributed by atoms with Crippen molar-refractivity contribution in [3.05, 3.63) is 120 Å². The highest BCUT2D eigenvalue weighted by molar-refractivity contribution is 7.93. The van der Waals surface area contributed by atoms with Gasteiger partial charge in [0.2, 0.25) is 0 Å². The van der Waals surface area contributed by atoms with E-state index in [2.05, 4.69) is 9.44 Å². The number of anilines is 2. The van der Waals surface area contributed by atoms with E-state index in [9.17, 15) is 26.4 Å². The summed E-state index contributed by atoms with van der Waals surface area (Å²) in [4.78, 5) is 26.8. The third-order valence-corrected chi connectivity index (χ3v) is 8.59. The molecule has 4 aromatic rings. The molecule has 0 radical (unpaired) electrons. The maximum atomic E-state index is 13.7. The van der Waals surface area contributed by atoms with Gasteiger partial charge in [-0.05, 0) is 49.4 Å². The smallest absolute Gasteiger partial charge is 0.321 e. The van der Waals surface area contributed by atoms with Crippen LogP contribution in [0.5, 0.6) is 0 Å². The van der Waals surface area contributed by atoms with E-state index in [1.807, 2.05) is 0 Å². The van der Waals surface area contributed by atoms with Crippen LogP contribution in [-0.4, -0.2) is 35.2 Å². The molecule has 0 aromatic heterocycles. The van der Waals surface area contributed by atoms with E-state index in [1.165, 1.54) is 54.6 Å². The fourth-order valence-electron chi connectivity index (χ4n) is 3.94. The lowest BCUT2D eigenvalue weighted by molar-refractivity contribution is -0.143. The zero-order valence-electron chi connectivity index (χ0n) is 21.4. The van der Waals surface area contributed by atoms with Crippen molar-refractivity contribution >= 4 is 43.2 Å². The number of nitrogens with one attached hydrogen (secondary N) is 2. The first-order valence-corrected chi connectivity index (χ1v) is 15.1. The van der Waals surface area contributed by atoms with Crippen molar-refractivity contribution in [3.63, 3.8) is 0 Å². The number of Topliss-reactive ketones (excluding diaryl/α,β-unsaturated/α-hetero) is 1. The molecule has 0 fully saturated rings. The van der Waals surface area contributed by atoms with Gasteiger partial charge in [0, 0.05) is 16.8 Å². The maximum Gasteiger partial charge on any atom is 0.321 e. The quantitative estimate of drug-likeness (QED) is 0.148. The molecular weight excluding hydrogens is 552 g/mol. The highest BCUT2D eigenvalue weighted by atomic mass is 32.2. The van der Waals surface area contributed by atoms with Crippen molar-refractivity contribution in [1.82, 2.24) is 0 Å². The topological polar surface area (TPSA) is 136 Å². The van der Waals surface area contributed by atoms with Gasteiger partial charge in [0.15, 0.2) is 5.78 Å². The molecule has 40 heavy (non-hydrogen) atoms. The van der Waals surface area contributed by atoms with Gasteiger partial charge in [-0.1, -0.05) is 66.7 Å². The molecule has 0 aliphatic rings. The van der Waals surface area contributed by atoms with Gasteiger partial charge in [-0.3, -0.25) is 19.0 Å². The lowest BCUT2D eigenvalue weighted by Crippen LogP contribution is -2.26. The summed E-state index contributed by atoms with van der Waals surface area (Å²) < 4.78 is 62.4. The van der Waals surface area contributed by atoms with Gasteiger partial charge in [0.05, 0.1) is 22.1 Å². The molecule has 0 amide bonds. The number of sulfonamides is 2.